The zero-order chi connectivity index (χ0) is 5.28. The van der Waals surface area contributed by atoms with Gasteiger partial charge in [-0.3, -0.25) is 0 Å². The fourth-order valence-electron chi connectivity index (χ4n) is 0.232. The lowest BCUT2D eigenvalue weighted by Crippen LogP contribution is -1.78. The minimum absolute atomic E-state index is 0.0787. The van der Waals surface area contributed by atoms with Crippen LogP contribution in [0.25, 0.3) is 0 Å². The lowest BCUT2D eigenvalue weighted by molar-refractivity contribution is 0.457. The van der Waals surface area contributed by atoms with Crippen molar-refractivity contribution in [2.45, 2.75) is 0 Å². The molecule has 0 radical (unpaired) electrons. The van der Waals surface area contributed by atoms with E-state index in [2.05, 4.69) is 4.42 Å². The fourth-order valence-corrected chi connectivity index (χ4v) is 0.595. The average Bonchev–Trinajstić information content (AvgIpc) is 1.87. The molecule has 1 aromatic heterocycles. The summed E-state index contributed by atoms with van der Waals surface area (Å²) in [6.45, 7) is 0. The highest BCUT2D eigenvalue weighted by Gasteiger charge is 1.90. The first-order valence-corrected chi connectivity index (χ1v) is 2.38. The van der Waals surface area contributed by atoms with Gasteiger partial charge in [0.25, 0.3) is 0 Å². The topological polar surface area (TPSA) is 50.4 Å². The molecule has 0 fully saturated rings. The maximum absolute atomic E-state index is 9.98. The number of aromatic hydroxyl groups is 1. The smallest absolute Gasteiger partial charge is 0.398 e. The summed E-state index contributed by atoms with van der Waals surface area (Å²) < 4.78 is 4.18. The van der Waals surface area contributed by atoms with Gasteiger partial charge in [0, 0.05) is 0 Å². The first kappa shape index (κ1) is 4.39. The molecule has 4 heteroatoms. The molecule has 0 aliphatic carbocycles. The van der Waals surface area contributed by atoms with Gasteiger partial charge in [-0.2, -0.15) is 0 Å². The SMILES string of the molecule is O=c1occ(O)s1. The third-order valence-corrected chi connectivity index (χ3v) is 1.01. The van der Waals surface area contributed by atoms with Crippen molar-refractivity contribution in [2.75, 3.05) is 0 Å². The fraction of sp³-hybridized carbons (Fsp3) is 0. The van der Waals surface area contributed by atoms with Crippen LogP contribution in [-0.2, 0) is 0 Å². The molecule has 7 heavy (non-hydrogen) atoms. The average molecular weight is 118 g/mol. The van der Waals surface area contributed by atoms with E-state index in [-0.39, 0.29) is 5.06 Å². The molecule has 1 rings (SSSR count). The second kappa shape index (κ2) is 1.38. The van der Waals surface area contributed by atoms with Gasteiger partial charge in [0.1, 0.15) is 6.26 Å². The standard InChI is InChI=1S/C3H2O3S/c4-2-1-6-3(5)7-2/h1,4H. The van der Waals surface area contributed by atoms with E-state index >= 15 is 0 Å². The summed E-state index contributed by atoms with van der Waals surface area (Å²) in [7, 11) is 0. The van der Waals surface area contributed by atoms with Gasteiger partial charge in [-0.05, 0) is 11.3 Å². The molecule has 0 unspecified atom stereocenters. The Kier molecular flexibility index (Phi) is 0.867. The maximum Gasteiger partial charge on any atom is 0.398 e. The number of rotatable bonds is 0. The summed E-state index contributed by atoms with van der Waals surface area (Å²) in [6, 6.07) is 0. The largest absolute Gasteiger partial charge is 0.497 e. The van der Waals surface area contributed by atoms with Crippen LogP contribution in [-0.4, -0.2) is 5.11 Å². The Morgan fingerprint density at radius 3 is 2.71 bits per heavy atom. The molecule has 3 nitrogen and oxygen atoms in total. The molecule has 0 amide bonds. The highest BCUT2D eigenvalue weighted by atomic mass is 32.1. The van der Waals surface area contributed by atoms with Crippen molar-refractivity contribution in [3.8, 4) is 5.06 Å². The predicted molar refractivity (Wildman–Crippen MR) is 24.5 cm³/mol. The zero-order valence-corrected chi connectivity index (χ0v) is 4.07. The number of hydrogen-bond acceptors (Lipinski definition) is 4. The molecule has 0 saturated heterocycles. The summed E-state index contributed by atoms with van der Waals surface area (Å²) in [6.07, 6.45) is 1.01. The molecule has 0 aromatic carbocycles. The van der Waals surface area contributed by atoms with Crippen molar-refractivity contribution in [1.82, 2.24) is 0 Å². The van der Waals surface area contributed by atoms with E-state index in [0.717, 1.165) is 6.26 Å². The highest BCUT2D eigenvalue weighted by Crippen LogP contribution is 2.08. The van der Waals surface area contributed by atoms with E-state index in [1.807, 2.05) is 0 Å². The van der Waals surface area contributed by atoms with E-state index in [0.29, 0.717) is 11.3 Å². The molecule has 0 aliphatic heterocycles. The van der Waals surface area contributed by atoms with Gasteiger partial charge in [-0.1, -0.05) is 0 Å². The Morgan fingerprint density at radius 1 is 1.86 bits per heavy atom. The van der Waals surface area contributed by atoms with Crippen molar-refractivity contribution in [2.24, 2.45) is 0 Å². The normalized spacial score (nSPS) is 9.14. The molecule has 1 aromatic rings. The molecule has 0 aliphatic rings. The van der Waals surface area contributed by atoms with Gasteiger partial charge in [-0.25, -0.2) is 4.79 Å². The van der Waals surface area contributed by atoms with Crippen LogP contribution in [0.2, 0.25) is 0 Å². The Bertz CT molecular complexity index is 198. The van der Waals surface area contributed by atoms with Gasteiger partial charge < -0.3 is 9.52 Å². The van der Waals surface area contributed by atoms with Crippen molar-refractivity contribution < 1.29 is 9.52 Å². The van der Waals surface area contributed by atoms with Crippen molar-refractivity contribution >= 4 is 11.3 Å². The van der Waals surface area contributed by atoms with Crippen LogP contribution in [0.15, 0.2) is 15.5 Å². The Labute approximate surface area is 42.8 Å². The van der Waals surface area contributed by atoms with Crippen LogP contribution in [0.1, 0.15) is 0 Å². The van der Waals surface area contributed by atoms with Crippen molar-refractivity contribution in [3.05, 3.63) is 16.0 Å². The lowest BCUT2D eigenvalue weighted by atomic mass is 11.0. The summed E-state index contributed by atoms with van der Waals surface area (Å²) in [5, 5.41) is 8.30. The molecule has 38 valence electrons. The molecule has 1 N–H and O–H groups in total. The van der Waals surface area contributed by atoms with Crippen LogP contribution < -0.4 is 4.94 Å². The van der Waals surface area contributed by atoms with E-state index in [4.69, 9.17) is 5.11 Å². The molecule has 0 bridgehead atoms. The van der Waals surface area contributed by atoms with Gasteiger partial charge >= 0.3 is 4.94 Å². The first-order valence-electron chi connectivity index (χ1n) is 1.56. The predicted octanol–water partition coefficient (Wildman–Crippen LogP) is 0.407. The second-order valence-corrected chi connectivity index (χ2v) is 1.88. The van der Waals surface area contributed by atoms with Crippen LogP contribution in [0.5, 0.6) is 5.06 Å². The quantitative estimate of drug-likeness (QED) is 0.536. The molecule has 0 atom stereocenters. The molecule has 1 heterocycles. The monoisotopic (exact) mass is 118 g/mol. The third-order valence-electron chi connectivity index (χ3n) is 0.444. The first-order chi connectivity index (χ1) is 3.29. The minimum Gasteiger partial charge on any atom is -0.497 e. The van der Waals surface area contributed by atoms with Crippen LogP contribution in [0.3, 0.4) is 0 Å². The van der Waals surface area contributed by atoms with E-state index in [1.54, 1.807) is 0 Å². The van der Waals surface area contributed by atoms with E-state index in [1.165, 1.54) is 0 Å². The zero-order valence-electron chi connectivity index (χ0n) is 3.25. The van der Waals surface area contributed by atoms with Gasteiger partial charge in [-0.15, -0.1) is 0 Å². The van der Waals surface area contributed by atoms with Gasteiger partial charge in [0.05, 0.1) is 0 Å². The van der Waals surface area contributed by atoms with Crippen LogP contribution >= 0.6 is 11.3 Å². The minimum atomic E-state index is -0.475. The highest BCUT2D eigenvalue weighted by molar-refractivity contribution is 7.10. The van der Waals surface area contributed by atoms with Gasteiger partial charge in [0.2, 0.25) is 5.06 Å². The second-order valence-electron chi connectivity index (χ2n) is 0.926. The Morgan fingerprint density at radius 2 is 2.57 bits per heavy atom. The summed E-state index contributed by atoms with van der Waals surface area (Å²) in [5.41, 5.74) is 0. The summed E-state index contributed by atoms with van der Waals surface area (Å²) in [4.78, 5) is 9.51. The third kappa shape index (κ3) is 0.806. The molecular weight excluding hydrogens is 116 g/mol. The Hall–Kier alpha value is -0.770. The Balaban J connectivity index is 3.30. The molecular formula is C3H2O3S. The maximum atomic E-state index is 9.98. The van der Waals surface area contributed by atoms with Crippen molar-refractivity contribution in [1.29, 1.82) is 0 Å². The summed E-state index contributed by atoms with van der Waals surface area (Å²) >= 11 is 0.676. The molecule has 0 saturated carbocycles. The lowest BCUT2D eigenvalue weighted by Gasteiger charge is -1.63. The molecule has 0 spiro atoms. The number of hydrogen-bond donors (Lipinski definition) is 1. The van der Waals surface area contributed by atoms with Crippen LogP contribution in [0.4, 0.5) is 0 Å². The van der Waals surface area contributed by atoms with E-state index in [9.17, 15) is 4.79 Å². The van der Waals surface area contributed by atoms with Gasteiger partial charge in [0.15, 0.2) is 0 Å². The van der Waals surface area contributed by atoms with Crippen LogP contribution in [0, 0.1) is 0 Å². The van der Waals surface area contributed by atoms with Crippen molar-refractivity contribution in [3.63, 3.8) is 0 Å². The van der Waals surface area contributed by atoms with E-state index < -0.39 is 4.94 Å². The summed E-state index contributed by atoms with van der Waals surface area (Å²) in [5.74, 6) is 0.